The van der Waals surface area contributed by atoms with E-state index >= 15 is 0 Å². The molecule has 0 unspecified atom stereocenters. The van der Waals surface area contributed by atoms with Crippen LogP contribution in [0.4, 0.5) is 5.82 Å². The summed E-state index contributed by atoms with van der Waals surface area (Å²) < 4.78 is 1.02. The topological polar surface area (TPSA) is 94.8 Å². The Bertz CT molecular complexity index is 970. The standard InChI is InChI=1S/C19H18N6OS/c20-11-15-17(22-8-7-21-15)25-9-5-13(6-10-25)12-23-18(26)19-24-14-3-1-2-4-16(14)27-19/h1-4,7-8,13H,5-6,9-10,12H2,(H,23,26). The molecule has 1 N–H and O–H groups in total. The molecule has 1 fully saturated rings. The number of hydrogen-bond donors (Lipinski definition) is 1. The van der Waals surface area contributed by atoms with Gasteiger partial charge >= 0.3 is 0 Å². The van der Waals surface area contributed by atoms with Gasteiger partial charge in [-0.1, -0.05) is 12.1 Å². The van der Waals surface area contributed by atoms with Crippen molar-refractivity contribution >= 4 is 33.3 Å². The first-order valence-corrected chi connectivity index (χ1v) is 9.66. The summed E-state index contributed by atoms with van der Waals surface area (Å²) in [7, 11) is 0. The number of hydrogen-bond acceptors (Lipinski definition) is 7. The Labute approximate surface area is 160 Å². The number of benzene rings is 1. The van der Waals surface area contributed by atoms with Crippen molar-refractivity contribution in [3.63, 3.8) is 0 Å². The lowest BCUT2D eigenvalue weighted by molar-refractivity contribution is 0.0944. The molecule has 0 saturated carbocycles. The van der Waals surface area contributed by atoms with Gasteiger partial charge in [0.05, 0.1) is 10.2 Å². The molecule has 8 heteroatoms. The van der Waals surface area contributed by atoms with Crippen molar-refractivity contribution in [2.75, 3.05) is 24.5 Å². The number of piperidine rings is 1. The maximum atomic E-state index is 12.4. The highest BCUT2D eigenvalue weighted by Gasteiger charge is 2.23. The zero-order chi connectivity index (χ0) is 18.6. The van der Waals surface area contributed by atoms with E-state index in [9.17, 15) is 10.1 Å². The fraction of sp³-hybridized carbons (Fsp3) is 0.316. The second kappa shape index (κ2) is 7.68. The zero-order valence-corrected chi connectivity index (χ0v) is 15.4. The van der Waals surface area contributed by atoms with Crippen molar-refractivity contribution < 1.29 is 4.79 Å². The number of carbonyl (C=O) groups is 1. The molecule has 1 aliphatic heterocycles. The van der Waals surface area contributed by atoms with Gasteiger partial charge < -0.3 is 10.2 Å². The van der Waals surface area contributed by atoms with Crippen LogP contribution in [0.15, 0.2) is 36.7 Å². The molecular formula is C19H18N6OS. The number of fused-ring (bicyclic) bond motifs is 1. The predicted octanol–water partition coefficient (Wildman–Crippen LogP) is 2.60. The first kappa shape index (κ1) is 17.4. The van der Waals surface area contributed by atoms with E-state index in [2.05, 4.69) is 31.2 Å². The number of anilines is 1. The summed E-state index contributed by atoms with van der Waals surface area (Å²) in [6, 6.07) is 9.86. The van der Waals surface area contributed by atoms with E-state index < -0.39 is 0 Å². The molecule has 1 amide bonds. The number of thiazole rings is 1. The average Bonchev–Trinajstić information content (AvgIpc) is 3.17. The lowest BCUT2D eigenvalue weighted by Crippen LogP contribution is -2.39. The van der Waals surface area contributed by atoms with Gasteiger partial charge in [0.2, 0.25) is 0 Å². The summed E-state index contributed by atoms with van der Waals surface area (Å²) in [6.07, 6.45) is 5.01. The molecule has 0 bridgehead atoms. The summed E-state index contributed by atoms with van der Waals surface area (Å²) in [6.45, 7) is 2.23. The number of nitriles is 1. The van der Waals surface area contributed by atoms with Gasteiger partial charge in [0.25, 0.3) is 5.91 Å². The lowest BCUT2D eigenvalue weighted by Gasteiger charge is -2.32. The highest BCUT2D eigenvalue weighted by molar-refractivity contribution is 7.20. The van der Waals surface area contributed by atoms with Gasteiger partial charge in [0.1, 0.15) is 6.07 Å². The molecule has 0 spiro atoms. The van der Waals surface area contributed by atoms with Crippen molar-refractivity contribution in [1.29, 1.82) is 5.26 Å². The normalized spacial score (nSPS) is 14.9. The van der Waals surface area contributed by atoms with Gasteiger partial charge in [-0.2, -0.15) is 5.26 Å². The molecule has 27 heavy (non-hydrogen) atoms. The molecule has 0 atom stereocenters. The van der Waals surface area contributed by atoms with Crippen LogP contribution in [0.2, 0.25) is 0 Å². The number of amides is 1. The molecule has 3 aromatic rings. The van der Waals surface area contributed by atoms with E-state index in [0.29, 0.717) is 29.0 Å². The maximum absolute atomic E-state index is 12.4. The van der Waals surface area contributed by atoms with Crippen LogP contribution in [0.3, 0.4) is 0 Å². The number of nitrogens with one attached hydrogen (secondary N) is 1. The molecule has 0 radical (unpaired) electrons. The number of carbonyl (C=O) groups excluding carboxylic acids is 1. The third-order valence-electron chi connectivity index (χ3n) is 4.74. The summed E-state index contributed by atoms with van der Waals surface area (Å²) in [5.41, 5.74) is 1.22. The van der Waals surface area contributed by atoms with Crippen LogP contribution in [-0.2, 0) is 0 Å². The summed E-state index contributed by atoms with van der Waals surface area (Å²) >= 11 is 1.42. The first-order chi connectivity index (χ1) is 13.2. The van der Waals surface area contributed by atoms with Crippen molar-refractivity contribution in [3.8, 4) is 6.07 Å². The molecule has 1 saturated heterocycles. The van der Waals surface area contributed by atoms with Gasteiger partial charge in [0.15, 0.2) is 16.5 Å². The van der Waals surface area contributed by atoms with Gasteiger partial charge in [0, 0.05) is 32.0 Å². The van der Waals surface area contributed by atoms with Gasteiger partial charge in [-0.25, -0.2) is 15.0 Å². The Morgan fingerprint density at radius 1 is 1.26 bits per heavy atom. The third-order valence-corrected chi connectivity index (χ3v) is 5.77. The van der Waals surface area contributed by atoms with Crippen LogP contribution >= 0.6 is 11.3 Å². The third kappa shape index (κ3) is 3.73. The highest BCUT2D eigenvalue weighted by Crippen LogP contribution is 2.24. The second-order valence-electron chi connectivity index (χ2n) is 6.47. The van der Waals surface area contributed by atoms with E-state index in [0.717, 1.165) is 36.1 Å². The molecule has 1 aliphatic rings. The quantitative estimate of drug-likeness (QED) is 0.750. The monoisotopic (exact) mass is 378 g/mol. The van der Waals surface area contributed by atoms with Crippen molar-refractivity contribution in [2.24, 2.45) is 5.92 Å². The summed E-state index contributed by atoms with van der Waals surface area (Å²) in [5, 5.41) is 12.7. The van der Waals surface area contributed by atoms with Crippen LogP contribution in [0, 0.1) is 17.2 Å². The Morgan fingerprint density at radius 2 is 2.04 bits per heavy atom. The largest absolute Gasteiger partial charge is 0.354 e. The number of aromatic nitrogens is 3. The molecule has 7 nitrogen and oxygen atoms in total. The number of nitrogens with zero attached hydrogens (tertiary/aromatic N) is 5. The molecule has 3 heterocycles. The van der Waals surface area contributed by atoms with Crippen LogP contribution < -0.4 is 10.2 Å². The van der Waals surface area contributed by atoms with Crippen molar-refractivity contribution in [1.82, 2.24) is 20.3 Å². The fourth-order valence-electron chi connectivity index (χ4n) is 3.27. The van der Waals surface area contributed by atoms with E-state index in [1.165, 1.54) is 17.5 Å². The Balaban J connectivity index is 1.32. The molecular weight excluding hydrogens is 360 g/mol. The van der Waals surface area contributed by atoms with Crippen LogP contribution in [-0.4, -0.2) is 40.5 Å². The second-order valence-corrected chi connectivity index (χ2v) is 7.50. The Morgan fingerprint density at radius 3 is 2.81 bits per heavy atom. The van der Waals surface area contributed by atoms with Crippen LogP contribution in [0.5, 0.6) is 0 Å². The fourth-order valence-corrected chi connectivity index (χ4v) is 4.15. The molecule has 2 aromatic heterocycles. The highest BCUT2D eigenvalue weighted by atomic mass is 32.1. The first-order valence-electron chi connectivity index (χ1n) is 8.84. The van der Waals surface area contributed by atoms with E-state index in [1.54, 1.807) is 6.20 Å². The minimum absolute atomic E-state index is 0.112. The lowest BCUT2D eigenvalue weighted by atomic mass is 9.96. The Kier molecular flexibility index (Phi) is 4.94. The van der Waals surface area contributed by atoms with E-state index in [-0.39, 0.29) is 5.91 Å². The summed E-state index contributed by atoms with van der Waals surface area (Å²) in [4.78, 5) is 27.3. The molecule has 4 rings (SSSR count). The van der Waals surface area contributed by atoms with Crippen molar-refractivity contribution in [3.05, 3.63) is 47.4 Å². The van der Waals surface area contributed by atoms with Gasteiger partial charge in [-0.3, -0.25) is 4.79 Å². The maximum Gasteiger partial charge on any atom is 0.280 e. The number of rotatable bonds is 4. The molecule has 0 aliphatic carbocycles. The predicted molar refractivity (Wildman–Crippen MR) is 104 cm³/mol. The minimum Gasteiger partial charge on any atom is -0.354 e. The van der Waals surface area contributed by atoms with Crippen LogP contribution in [0.1, 0.15) is 28.3 Å². The van der Waals surface area contributed by atoms with Crippen LogP contribution in [0.25, 0.3) is 10.2 Å². The minimum atomic E-state index is -0.112. The average molecular weight is 378 g/mol. The SMILES string of the molecule is N#Cc1nccnc1N1CCC(CNC(=O)c2nc3ccccc3s2)CC1. The van der Waals surface area contributed by atoms with E-state index in [4.69, 9.17) is 0 Å². The zero-order valence-electron chi connectivity index (χ0n) is 14.6. The molecule has 136 valence electrons. The van der Waals surface area contributed by atoms with Gasteiger partial charge in [-0.05, 0) is 30.9 Å². The van der Waals surface area contributed by atoms with Crippen molar-refractivity contribution in [2.45, 2.75) is 12.8 Å². The smallest absolute Gasteiger partial charge is 0.280 e. The van der Waals surface area contributed by atoms with E-state index in [1.807, 2.05) is 24.3 Å². The number of para-hydroxylation sites is 1. The Hall–Kier alpha value is -3.05. The molecule has 1 aromatic carbocycles. The van der Waals surface area contributed by atoms with Gasteiger partial charge in [-0.15, -0.1) is 11.3 Å². The summed E-state index contributed by atoms with van der Waals surface area (Å²) in [5.74, 6) is 0.943.